The van der Waals surface area contributed by atoms with Crippen LogP contribution in [0, 0.1) is 23.7 Å². The van der Waals surface area contributed by atoms with Crippen LogP contribution in [0.2, 0.25) is 0 Å². The van der Waals surface area contributed by atoms with Crippen molar-refractivity contribution >= 4 is 41.1 Å². The van der Waals surface area contributed by atoms with Crippen LogP contribution in [0.25, 0.3) is 0 Å². The number of ketones is 1. The van der Waals surface area contributed by atoms with Crippen molar-refractivity contribution in [3.8, 4) is 0 Å². The van der Waals surface area contributed by atoms with Gasteiger partial charge in [0.15, 0.2) is 11.6 Å². The number of rotatable bonds is 7. The molecule has 1 N–H and O–H groups in total. The Bertz CT molecular complexity index is 700. The number of aliphatic hydroxyl groups excluding tert-OH is 1. The van der Waals surface area contributed by atoms with Crippen LogP contribution in [0.15, 0.2) is 0 Å². The molecule has 5 heterocycles. The van der Waals surface area contributed by atoms with Crippen molar-refractivity contribution in [3.05, 3.63) is 0 Å². The van der Waals surface area contributed by atoms with Crippen LogP contribution in [0.3, 0.4) is 0 Å². The lowest BCUT2D eigenvalue weighted by atomic mass is 9.76. The Morgan fingerprint density at radius 2 is 1.44 bits per heavy atom. The molecule has 2 spiro atoms. The van der Waals surface area contributed by atoms with Gasteiger partial charge in [-0.15, -0.1) is 0 Å². The van der Waals surface area contributed by atoms with Gasteiger partial charge in [0.1, 0.15) is 12.6 Å². The van der Waals surface area contributed by atoms with E-state index >= 15 is 0 Å². The number of carbonyl (C=O) groups excluding carboxylic acids is 1. The smallest absolute Gasteiger partial charge is 0.175 e. The molecule has 0 bridgehead atoms. The van der Waals surface area contributed by atoms with Gasteiger partial charge in [-0.1, -0.05) is 0 Å². The average molecular weight is 537 g/mol. The third-order valence-corrected chi connectivity index (χ3v) is 11.2. The SMILES string of the molecule is COCO[C@@H]([C@H]1CSC[C@H]([C@@H](O)[C@@H]2CSCCC23OCCO3)C1=O)[C@@H]1CSCCC12OCCO2. The zero-order valence-corrected chi connectivity index (χ0v) is 22.1. The minimum Gasteiger partial charge on any atom is -0.392 e. The Morgan fingerprint density at radius 3 is 2.06 bits per heavy atom. The maximum atomic E-state index is 14.0. The Hall–Kier alpha value is 0.440. The van der Waals surface area contributed by atoms with Gasteiger partial charge in [0.05, 0.1) is 50.5 Å². The van der Waals surface area contributed by atoms with E-state index in [0.29, 0.717) is 37.9 Å². The van der Waals surface area contributed by atoms with Gasteiger partial charge < -0.3 is 33.5 Å². The predicted molar refractivity (Wildman–Crippen MR) is 132 cm³/mol. The quantitative estimate of drug-likeness (QED) is 0.484. The number of thioether (sulfide) groups is 3. The largest absolute Gasteiger partial charge is 0.392 e. The van der Waals surface area contributed by atoms with Crippen molar-refractivity contribution in [2.75, 3.05) is 74.8 Å². The average Bonchev–Trinajstić information content (AvgIpc) is 3.52. The Morgan fingerprint density at radius 1 is 0.882 bits per heavy atom. The molecule has 0 aromatic heterocycles. The van der Waals surface area contributed by atoms with E-state index in [1.165, 1.54) is 0 Å². The standard InChI is InChI=1S/C23H36O8S3/c1-26-14-27-21(18-13-33-9-3-23(18)30-6-7-31-23)16-11-34-10-15(19(16)24)20(25)17-12-32-8-2-22(17)28-4-5-29-22/h15-18,20-21,25H,2-14H2,1H3/t15-,16-,17-,18-,20+,21-/m0/s1. The van der Waals surface area contributed by atoms with Crippen LogP contribution in [0.1, 0.15) is 12.8 Å². The summed E-state index contributed by atoms with van der Waals surface area (Å²) in [6.07, 6.45) is 0.318. The maximum Gasteiger partial charge on any atom is 0.175 e. The summed E-state index contributed by atoms with van der Waals surface area (Å²) in [7, 11) is 1.59. The van der Waals surface area contributed by atoms with Crippen LogP contribution < -0.4 is 0 Å². The Labute approximate surface area is 214 Å². The molecule has 5 fully saturated rings. The van der Waals surface area contributed by atoms with Crippen molar-refractivity contribution in [1.29, 1.82) is 0 Å². The number of hydrogen-bond donors (Lipinski definition) is 1. The first-order chi connectivity index (χ1) is 16.6. The fourth-order valence-electron chi connectivity index (χ4n) is 6.06. The third-order valence-electron chi connectivity index (χ3n) is 7.79. The molecule has 0 aromatic carbocycles. The highest BCUT2D eigenvalue weighted by atomic mass is 32.2. The van der Waals surface area contributed by atoms with Crippen molar-refractivity contribution in [3.63, 3.8) is 0 Å². The third kappa shape index (κ3) is 4.96. The lowest BCUT2D eigenvalue weighted by Crippen LogP contribution is -2.58. The van der Waals surface area contributed by atoms with Crippen molar-refractivity contribution in [2.45, 2.75) is 36.6 Å². The topological polar surface area (TPSA) is 92.7 Å². The second-order valence-corrected chi connectivity index (χ2v) is 12.9. The first-order valence-electron chi connectivity index (χ1n) is 12.2. The van der Waals surface area contributed by atoms with Crippen LogP contribution in [-0.4, -0.2) is 110 Å². The molecule has 6 atom stereocenters. The molecule has 5 rings (SSSR count). The van der Waals surface area contributed by atoms with E-state index in [4.69, 9.17) is 28.4 Å². The summed E-state index contributed by atoms with van der Waals surface area (Å²) < 4.78 is 35.9. The van der Waals surface area contributed by atoms with E-state index in [9.17, 15) is 9.90 Å². The monoisotopic (exact) mass is 536 g/mol. The second kappa shape index (κ2) is 11.4. The molecule has 194 valence electrons. The van der Waals surface area contributed by atoms with Gasteiger partial charge in [0.2, 0.25) is 0 Å². The molecule has 5 saturated heterocycles. The number of Topliss-reactive ketones (excluding diaryl/α,β-unsaturated/α-hetero) is 1. The fraction of sp³-hybridized carbons (Fsp3) is 0.957. The molecule has 8 nitrogen and oxygen atoms in total. The highest BCUT2D eigenvalue weighted by Gasteiger charge is 2.56. The predicted octanol–water partition coefficient (Wildman–Crippen LogP) is 1.88. The Balaban J connectivity index is 1.37. The summed E-state index contributed by atoms with van der Waals surface area (Å²) in [6.45, 7) is 2.31. The van der Waals surface area contributed by atoms with E-state index in [-0.39, 0.29) is 30.3 Å². The number of hydrogen-bond acceptors (Lipinski definition) is 11. The van der Waals surface area contributed by atoms with Gasteiger partial charge in [-0.2, -0.15) is 35.3 Å². The van der Waals surface area contributed by atoms with E-state index in [1.54, 1.807) is 30.6 Å². The molecule has 0 unspecified atom stereocenters. The first kappa shape index (κ1) is 26.1. The highest BCUT2D eigenvalue weighted by molar-refractivity contribution is 7.99. The van der Waals surface area contributed by atoms with E-state index < -0.39 is 29.7 Å². The lowest BCUT2D eigenvalue weighted by molar-refractivity contribution is -0.235. The summed E-state index contributed by atoms with van der Waals surface area (Å²) in [5.41, 5.74) is 0. The van der Waals surface area contributed by atoms with Crippen LogP contribution in [0.5, 0.6) is 0 Å². The van der Waals surface area contributed by atoms with Gasteiger partial charge in [0, 0.05) is 54.8 Å². The summed E-state index contributed by atoms with van der Waals surface area (Å²) in [5, 5.41) is 11.6. The van der Waals surface area contributed by atoms with Crippen molar-refractivity contribution in [2.24, 2.45) is 23.7 Å². The van der Waals surface area contributed by atoms with Crippen molar-refractivity contribution in [1.82, 2.24) is 0 Å². The Kier molecular flexibility index (Phi) is 8.78. The zero-order chi connectivity index (χ0) is 23.6. The molecular formula is C23H36O8S3. The lowest BCUT2D eigenvalue weighted by Gasteiger charge is -2.47. The van der Waals surface area contributed by atoms with Gasteiger partial charge in [-0.05, 0) is 11.5 Å². The number of carbonyl (C=O) groups is 1. The zero-order valence-electron chi connectivity index (χ0n) is 19.7. The second-order valence-electron chi connectivity index (χ2n) is 9.56. The molecule has 11 heteroatoms. The van der Waals surface area contributed by atoms with Gasteiger partial charge in [0.25, 0.3) is 0 Å². The van der Waals surface area contributed by atoms with Gasteiger partial charge >= 0.3 is 0 Å². The molecule has 5 aliphatic heterocycles. The molecule has 0 aromatic rings. The number of methoxy groups -OCH3 is 1. The molecule has 0 radical (unpaired) electrons. The van der Waals surface area contributed by atoms with E-state index in [0.717, 1.165) is 35.9 Å². The van der Waals surface area contributed by atoms with Crippen LogP contribution in [0.4, 0.5) is 0 Å². The van der Waals surface area contributed by atoms with Gasteiger partial charge in [-0.25, -0.2) is 0 Å². The minimum atomic E-state index is -0.814. The maximum absolute atomic E-state index is 14.0. The highest BCUT2D eigenvalue weighted by Crippen LogP contribution is 2.47. The molecular weight excluding hydrogens is 500 g/mol. The summed E-state index contributed by atoms with van der Waals surface area (Å²) in [6, 6.07) is 0. The van der Waals surface area contributed by atoms with Crippen LogP contribution in [-0.2, 0) is 33.2 Å². The van der Waals surface area contributed by atoms with E-state index in [1.807, 2.05) is 11.8 Å². The minimum absolute atomic E-state index is 0.0693. The first-order valence-corrected chi connectivity index (χ1v) is 15.7. The molecule has 0 amide bonds. The molecule has 5 aliphatic rings. The molecule has 0 saturated carbocycles. The summed E-state index contributed by atoms with van der Waals surface area (Å²) >= 11 is 5.36. The molecule has 34 heavy (non-hydrogen) atoms. The summed E-state index contributed by atoms with van der Waals surface area (Å²) in [4.78, 5) is 14.0. The van der Waals surface area contributed by atoms with Crippen molar-refractivity contribution < 1.29 is 38.3 Å². The summed E-state index contributed by atoms with van der Waals surface area (Å²) in [5.74, 6) is 2.16. The van der Waals surface area contributed by atoms with Crippen LogP contribution >= 0.6 is 35.3 Å². The number of aliphatic hydroxyl groups is 1. The van der Waals surface area contributed by atoms with E-state index in [2.05, 4.69) is 0 Å². The molecule has 0 aliphatic carbocycles. The fourth-order valence-corrected chi connectivity index (χ4v) is 10.0. The van der Waals surface area contributed by atoms with Gasteiger partial charge in [-0.3, -0.25) is 4.79 Å². The normalized spacial score (nSPS) is 37.3. The number of ether oxygens (including phenoxy) is 6.